The highest BCUT2D eigenvalue weighted by Gasteiger charge is 2.22. The third-order valence-electron chi connectivity index (χ3n) is 4.04. The average molecular weight is 330 g/mol. The Labute approximate surface area is 143 Å². The molecule has 0 bridgehead atoms. The van der Waals surface area contributed by atoms with E-state index < -0.39 is 11.9 Å². The number of carbonyl (C=O) groups is 2. The molecule has 2 N–H and O–H groups in total. The molecular formula is C20H26O4. The van der Waals surface area contributed by atoms with Gasteiger partial charge in [-0.3, -0.25) is 0 Å². The Kier molecular flexibility index (Phi) is 8.55. The molecule has 1 aromatic carbocycles. The minimum Gasteiger partial charge on any atom is -0.478 e. The van der Waals surface area contributed by atoms with Crippen molar-refractivity contribution in [2.45, 2.75) is 51.4 Å². The van der Waals surface area contributed by atoms with Crippen LogP contribution in [0.3, 0.4) is 0 Å². The van der Waals surface area contributed by atoms with Crippen LogP contribution < -0.4 is 0 Å². The third-order valence-corrected chi connectivity index (χ3v) is 4.04. The molecule has 0 saturated heterocycles. The van der Waals surface area contributed by atoms with Crippen LogP contribution in [0.4, 0.5) is 0 Å². The molecule has 0 fully saturated rings. The maximum absolute atomic E-state index is 11.7. The Hall–Kier alpha value is -2.36. The van der Waals surface area contributed by atoms with Crippen LogP contribution in [0, 0.1) is 0 Å². The van der Waals surface area contributed by atoms with E-state index in [1.165, 1.54) is 6.07 Å². The van der Waals surface area contributed by atoms with Gasteiger partial charge in [0.05, 0.1) is 11.1 Å². The van der Waals surface area contributed by atoms with Crippen molar-refractivity contribution in [3.8, 4) is 0 Å². The highest BCUT2D eigenvalue weighted by atomic mass is 16.4. The molecule has 1 aromatic rings. The molecule has 130 valence electrons. The maximum Gasteiger partial charge on any atom is 0.336 e. The smallest absolute Gasteiger partial charge is 0.336 e. The summed E-state index contributed by atoms with van der Waals surface area (Å²) in [5, 5.41) is 18.8. The first-order valence-electron chi connectivity index (χ1n) is 8.36. The molecule has 0 spiro atoms. The Balaban J connectivity index is 3.12. The van der Waals surface area contributed by atoms with Gasteiger partial charge in [-0.25, -0.2) is 9.59 Å². The Morgan fingerprint density at radius 2 is 1.46 bits per heavy atom. The fourth-order valence-electron chi connectivity index (χ4n) is 2.83. The van der Waals surface area contributed by atoms with E-state index in [9.17, 15) is 19.8 Å². The first-order valence-corrected chi connectivity index (χ1v) is 8.36. The van der Waals surface area contributed by atoms with Crippen molar-refractivity contribution in [2.75, 3.05) is 0 Å². The van der Waals surface area contributed by atoms with Crippen molar-refractivity contribution in [1.29, 1.82) is 0 Å². The number of hydrogen-bond donors (Lipinski definition) is 2. The molecule has 0 unspecified atom stereocenters. The predicted octanol–water partition coefficient (Wildman–Crippen LogP) is 4.88. The molecule has 0 aliphatic carbocycles. The molecule has 0 atom stereocenters. The standard InChI is InChI=1S/C20H26O4/c1-3-5-7-9-11-15-13-14-17(19(21)22)18(20(23)24)16(15)12-10-8-6-4-2/h3-4,13-14H,1-2,5-12H2,(H,21,22)(H,23,24). The average Bonchev–Trinajstić information content (AvgIpc) is 2.55. The molecular weight excluding hydrogens is 304 g/mol. The maximum atomic E-state index is 11.7. The van der Waals surface area contributed by atoms with E-state index in [1.54, 1.807) is 6.07 Å². The molecule has 4 heteroatoms. The Bertz CT molecular complexity index is 602. The molecule has 1 rings (SSSR count). The number of carboxylic acids is 2. The van der Waals surface area contributed by atoms with Gasteiger partial charge in [-0.05, 0) is 68.6 Å². The molecule has 0 saturated carbocycles. The summed E-state index contributed by atoms with van der Waals surface area (Å²) in [4.78, 5) is 23.0. The van der Waals surface area contributed by atoms with Crippen LogP contribution in [-0.2, 0) is 12.8 Å². The van der Waals surface area contributed by atoms with Gasteiger partial charge in [0.15, 0.2) is 0 Å². The van der Waals surface area contributed by atoms with Crippen molar-refractivity contribution in [3.05, 3.63) is 59.7 Å². The second kappa shape index (κ2) is 10.4. The number of benzene rings is 1. The van der Waals surface area contributed by atoms with Crippen molar-refractivity contribution >= 4 is 11.9 Å². The molecule has 0 aliphatic heterocycles. The number of hydrogen-bond acceptors (Lipinski definition) is 2. The number of rotatable bonds is 12. The van der Waals surface area contributed by atoms with E-state index >= 15 is 0 Å². The zero-order valence-corrected chi connectivity index (χ0v) is 14.1. The van der Waals surface area contributed by atoms with Gasteiger partial charge in [0.25, 0.3) is 0 Å². The first-order chi connectivity index (χ1) is 11.5. The normalized spacial score (nSPS) is 10.3. The highest BCUT2D eigenvalue weighted by Crippen LogP contribution is 2.24. The lowest BCUT2D eigenvalue weighted by molar-refractivity contribution is 0.0650. The van der Waals surface area contributed by atoms with E-state index in [-0.39, 0.29) is 11.1 Å². The quantitative estimate of drug-likeness (QED) is 0.423. The summed E-state index contributed by atoms with van der Waals surface area (Å²) >= 11 is 0. The zero-order valence-electron chi connectivity index (χ0n) is 14.1. The summed E-state index contributed by atoms with van der Waals surface area (Å²) in [5.41, 5.74) is 1.43. The van der Waals surface area contributed by atoms with Crippen molar-refractivity contribution < 1.29 is 19.8 Å². The van der Waals surface area contributed by atoms with Crippen LogP contribution in [0.5, 0.6) is 0 Å². The summed E-state index contributed by atoms with van der Waals surface area (Å²) in [5.74, 6) is -2.36. The number of aryl methyl sites for hydroxylation is 1. The zero-order chi connectivity index (χ0) is 17.9. The summed E-state index contributed by atoms with van der Waals surface area (Å²) in [6.07, 6.45) is 10.5. The largest absolute Gasteiger partial charge is 0.478 e. The van der Waals surface area contributed by atoms with E-state index in [2.05, 4.69) is 13.2 Å². The first kappa shape index (κ1) is 19.7. The van der Waals surface area contributed by atoms with Gasteiger partial charge in [0, 0.05) is 0 Å². The van der Waals surface area contributed by atoms with E-state index in [1.807, 2.05) is 12.2 Å². The Morgan fingerprint density at radius 1 is 0.875 bits per heavy atom. The minimum absolute atomic E-state index is 0.0534. The number of aromatic carboxylic acids is 2. The van der Waals surface area contributed by atoms with Gasteiger partial charge in [-0.2, -0.15) is 0 Å². The predicted molar refractivity (Wildman–Crippen MR) is 95.9 cm³/mol. The molecule has 0 amide bonds. The molecule has 24 heavy (non-hydrogen) atoms. The number of allylic oxidation sites excluding steroid dienone is 2. The second-order valence-corrected chi connectivity index (χ2v) is 5.81. The van der Waals surface area contributed by atoms with Gasteiger partial charge in [-0.15, -0.1) is 13.2 Å². The van der Waals surface area contributed by atoms with Crippen molar-refractivity contribution in [2.24, 2.45) is 0 Å². The summed E-state index contributed by atoms with van der Waals surface area (Å²) in [7, 11) is 0. The van der Waals surface area contributed by atoms with Crippen LogP contribution in [0.25, 0.3) is 0 Å². The van der Waals surface area contributed by atoms with E-state index in [0.29, 0.717) is 12.0 Å². The van der Waals surface area contributed by atoms with Crippen LogP contribution in [0.2, 0.25) is 0 Å². The second-order valence-electron chi connectivity index (χ2n) is 5.81. The van der Waals surface area contributed by atoms with Gasteiger partial charge in [0.2, 0.25) is 0 Å². The Morgan fingerprint density at radius 3 is 1.96 bits per heavy atom. The SMILES string of the molecule is C=CCCCCc1ccc(C(=O)O)c(C(=O)O)c1CCCCC=C. The van der Waals surface area contributed by atoms with Crippen LogP contribution >= 0.6 is 0 Å². The minimum atomic E-state index is -1.20. The van der Waals surface area contributed by atoms with Crippen molar-refractivity contribution in [3.63, 3.8) is 0 Å². The molecule has 0 aromatic heterocycles. The van der Waals surface area contributed by atoms with Crippen LogP contribution in [0.1, 0.15) is 70.4 Å². The monoisotopic (exact) mass is 330 g/mol. The highest BCUT2D eigenvalue weighted by molar-refractivity contribution is 6.03. The van der Waals surface area contributed by atoms with E-state index in [0.717, 1.165) is 50.5 Å². The summed E-state index contributed by atoms with van der Waals surface area (Å²) < 4.78 is 0. The summed E-state index contributed by atoms with van der Waals surface area (Å²) in [6.45, 7) is 7.38. The van der Waals surface area contributed by atoms with E-state index in [4.69, 9.17) is 0 Å². The van der Waals surface area contributed by atoms with Crippen LogP contribution in [0.15, 0.2) is 37.4 Å². The fourth-order valence-corrected chi connectivity index (χ4v) is 2.83. The lowest BCUT2D eigenvalue weighted by atomic mass is 9.89. The van der Waals surface area contributed by atoms with Gasteiger partial charge in [0.1, 0.15) is 0 Å². The molecule has 0 aliphatic rings. The molecule has 0 heterocycles. The van der Waals surface area contributed by atoms with Gasteiger partial charge < -0.3 is 10.2 Å². The van der Waals surface area contributed by atoms with Crippen molar-refractivity contribution in [1.82, 2.24) is 0 Å². The number of carboxylic acid groups (broad SMARTS) is 2. The lowest BCUT2D eigenvalue weighted by Crippen LogP contribution is -2.14. The molecule has 4 nitrogen and oxygen atoms in total. The third kappa shape index (κ3) is 5.69. The molecule has 0 radical (unpaired) electrons. The van der Waals surface area contributed by atoms with Gasteiger partial charge >= 0.3 is 11.9 Å². The summed E-state index contributed by atoms with van der Waals surface area (Å²) in [6, 6.07) is 3.19. The lowest BCUT2D eigenvalue weighted by Gasteiger charge is -2.15. The van der Waals surface area contributed by atoms with Gasteiger partial charge in [-0.1, -0.05) is 18.2 Å². The fraction of sp³-hybridized carbons (Fsp3) is 0.400. The topological polar surface area (TPSA) is 74.6 Å². The van der Waals surface area contributed by atoms with Crippen LogP contribution in [-0.4, -0.2) is 22.2 Å². The number of unbranched alkanes of at least 4 members (excludes halogenated alkanes) is 4.